The molecule has 40 heavy (non-hydrogen) atoms. The van der Waals surface area contributed by atoms with Gasteiger partial charge >= 0.3 is 0 Å². The van der Waals surface area contributed by atoms with Crippen molar-refractivity contribution in [2.24, 2.45) is 5.92 Å². The molecule has 2 N–H and O–H groups in total. The molecule has 3 aliphatic rings. The maximum atomic E-state index is 13.3. The molecule has 0 bridgehead atoms. The van der Waals surface area contributed by atoms with E-state index in [1.807, 2.05) is 54.1 Å². The number of tetrazole rings is 1. The minimum absolute atomic E-state index is 0.188. The van der Waals surface area contributed by atoms with Crippen LogP contribution in [-0.4, -0.2) is 48.9 Å². The first-order valence-corrected chi connectivity index (χ1v) is 13.7. The van der Waals surface area contributed by atoms with Gasteiger partial charge in [0.15, 0.2) is 5.82 Å². The number of aryl methyl sites for hydroxylation is 1. The number of amides is 3. The van der Waals surface area contributed by atoms with E-state index >= 15 is 0 Å². The molecule has 1 saturated carbocycles. The highest BCUT2D eigenvalue weighted by Gasteiger charge is 2.39. The van der Waals surface area contributed by atoms with Crippen LogP contribution < -0.4 is 10.6 Å². The molecule has 2 aromatic heterocycles. The minimum atomic E-state index is -0.633. The van der Waals surface area contributed by atoms with Gasteiger partial charge in [-0.05, 0) is 65.8 Å². The van der Waals surface area contributed by atoms with Crippen molar-refractivity contribution in [3.05, 3.63) is 76.3 Å². The fourth-order valence-electron chi connectivity index (χ4n) is 5.81. The van der Waals surface area contributed by atoms with Crippen LogP contribution >= 0.6 is 0 Å². The molecule has 2 aromatic carbocycles. The van der Waals surface area contributed by atoms with Gasteiger partial charge in [0.1, 0.15) is 17.4 Å². The molecule has 1 saturated heterocycles. The van der Waals surface area contributed by atoms with E-state index in [1.165, 1.54) is 12.8 Å². The van der Waals surface area contributed by atoms with Crippen LogP contribution in [0.2, 0.25) is 0 Å². The fraction of sp³-hybridized carbons (Fsp3) is 0.379. The Bertz CT molecular complexity index is 1650. The summed E-state index contributed by atoms with van der Waals surface area (Å²) in [6, 6.07) is 12.9. The lowest BCUT2D eigenvalue weighted by atomic mass is 10.0. The molecular weight excluding hydrogens is 510 g/mol. The lowest BCUT2D eigenvalue weighted by Crippen LogP contribution is -2.52. The molecule has 0 spiro atoms. The summed E-state index contributed by atoms with van der Waals surface area (Å²) < 4.78 is 7.98. The van der Waals surface area contributed by atoms with E-state index in [-0.39, 0.29) is 24.3 Å². The highest BCUT2D eigenvalue weighted by Crippen LogP contribution is 2.34. The van der Waals surface area contributed by atoms with E-state index in [0.29, 0.717) is 31.0 Å². The fourth-order valence-corrected chi connectivity index (χ4v) is 5.81. The van der Waals surface area contributed by atoms with Crippen LogP contribution in [0.4, 0.5) is 0 Å². The molecule has 2 fully saturated rings. The summed E-state index contributed by atoms with van der Waals surface area (Å²) in [5.41, 5.74) is 4.12. The predicted molar refractivity (Wildman–Crippen MR) is 143 cm³/mol. The number of piperidine rings is 1. The normalized spacial score (nSPS) is 19.8. The summed E-state index contributed by atoms with van der Waals surface area (Å²) in [6.45, 7) is 3.52. The van der Waals surface area contributed by atoms with Crippen molar-refractivity contribution in [2.75, 3.05) is 0 Å². The molecule has 11 heteroatoms. The van der Waals surface area contributed by atoms with Crippen LogP contribution in [0.3, 0.4) is 0 Å². The Balaban J connectivity index is 1.16. The molecule has 11 nitrogen and oxygen atoms in total. The number of benzene rings is 2. The second kappa shape index (κ2) is 9.67. The molecule has 204 valence electrons. The second-order valence-electron chi connectivity index (χ2n) is 11.0. The monoisotopic (exact) mass is 539 g/mol. The van der Waals surface area contributed by atoms with E-state index in [9.17, 15) is 14.4 Å². The molecule has 4 aromatic rings. The number of nitrogens with one attached hydrogen (secondary N) is 2. The van der Waals surface area contributed by atoms with E-state index in [4.69, 9.17) is 4.42 Å². The molecule has 1 aliphatic carbocycles. The number of hydrogen-bond donors (Lipinski definition) is 2. The molecule has 2 unspecified atom stereocenters. The Morgan fingerprint density at radius 2 is 2.00 bits per heavy atom. The number of aromatic nitrogens is 4. The molecule has 2 aliphatic heterocycles. The molecule has 3 amide bonds. The standard InChI is InChI=1S/C29H29N7O4/c1-16-11-19-3-2-4-21(26(19)40-16)25(27-32-33-34-36(27)14-17-5-6-17)30-13-18-7-8-20-15-35(29(39)22(20)12-18)23-9-10-24(37)31-28(23)38/h2-4,7-8,11-12,17,23,25,30H,5-6,9-10,13-15H2,1H3,(H,31,37,38). The number of carbonyl (C=O) groups is 3. The van der Waals surface area contributed by atoms with Gasteiger partial charge in [0.25, 0.3) is 5.91 Å². The van der Waals surface area contributed by atoms with Gasteiger partial charge < -0.3 is 9.32 Å². The van der Waals surface area contributed by atoms with Crippen LogP contribution in [0.1, 0.15) is 70.4 Å². The summed E-state index contributed by atoms with van der Waals surface area (Å²) >= 11 is 0. The van der Waals surface area contributed by atoms with Crippen molar-refractivity contribution in [1.29, 1.82) is 0 Å². The Kier molecular flexibility index (Phi) is 5.96. The lowest BCUT2D eigenvalue weighted by Gasteiger charge is -2.29. The van der Waals surface area contributed by atoms with Crippen molar-refractivity contribution in [3.63, 3.8) is 0 Å². The van der Waals surface area contributed by atoms with Crippen molar-refractivity contribution < 1.29 is 18.8 Å². The average Bonchev–Trinajstić information content (AvgIpc) is 3.34. The van der Waals surface area contributed by atoms with Gasteiger partial charge in [-0.25, -0.2) is 4.68 Å². The average molecular weight is 540 g/mol. The zero-order valence-electron chi connectivity index (χ0n) is 22.1. The number of nitrogens with zero attached hydrogens (tertiary/aromatic N) is 5. The highest BCUT2D eigenvalue weighted by molar-refractivity contribution is 6.05. The third-order valence-electron chi connectivity index (χ3n) is 8.06. The number of hydrogen-bond acceptors (Lipinski definition) is 8. The zero-order chi connectivity index (χ0) is 27.4. The summed E-state index contributed by atoms with van der Waals surface area (Å²) in [4.78, 5) is 38.9. The van der Waals surface area contributed by atoms with Crippen LogP contribution in [0.25, 0.3) is 11.0 Å². The smallest absolute Gasteiger partial charge is 0.255 e. The molecular formula is C29H29N7O4. The summed E-state index contributed by atoms with van der Waals surface area (Å²) in [6.07, 6.45) is 2.94. The number of carbonyl (C=O) groups excluding carboxylic acids is 3. The van der Waals surface area contributed by atoms with E-state index < -0.39 is 11.9 Å². The number of para-hydroxylation sites is 1. The van der Waals surface area contributed by atoms with Crippen LogP contribution in [0.15, 0.2) is 46.9 Å². The Hall–Kier alpha value is -4.38. The quantitative estimate of drug-likeness (QED) is 0.327. The number of furan rings is 1. The van der Waals surface area contributed by atoms with Crippen molar-refractivity contribution in [2.45, 2.75) is 64.3 Å². The number of rotatable bonds is 8. The van der Waals surface area contributed by atoms with Gasteiger partial charge in [0.2, 0.25) is 11.8 Å². The van der Waals surface area contributed by atoms with E-state index in [1.54, 1.807) is 4.90 Å². The first-order chi connectivity index (χ1) is 19.4. The van der Waals surface area contributed by atoms with Crippen LogP contribution in [0.5, 0.6) is 0 Å². The highest BCUT2D eigenvalue weighted by atomic mass is 16.3. The van der Waals surface area contributed by atoms with Crippen LogP contribution in [0, 0.1) is 12.8 Å². The Morgan fingerprint density at radius 3 is 2.83 bits per heavy atom. The minimum Gasteiger partial charge on any atom is -0.461 e. The number of fused-ring (bicyclic) bond motifs is 2. The zero-order valence-corrected chi connectivity index (χ0v) is 22.1. The van der Waals surface area contributed by atoms with Gasteiger partial charge in [-0.3, -0.25) is 25.0 Å². The summed E-state index contributed by atoms with van der Waals surface area (Å²) in [5.74, 6) is 1.25. The summed E-state index contributed by atoms with van der Waals surface area (Å²) in [7, 11) is 0. The molecule has 0 radical (unpaired) electrons. The molecule has 4 heterocycles. The van der Waals surface area contributed by atoms with E-state index in [2.05, 4.69) is 26.2 Å². The van der Waals surface area contributed by atoms with Gasteiger partial charge in [-0.2, -0.15) is 0 Å². The van der Waals surface area contributed by atoms with Gasteiger partial charge in [-0.1, -0.05) is 30.3 Å². The predicted octanol–water partition coefficient (Wildman–Crippen LogP) is 2.78. The first-order valence-electron chi connectivity index (χ1n) is 13.7. The van der Waals surface area contributed by atoms with Crippen molar-refractivity contribution in [3.8, 4) is 0 Å². The summed E-state index contributed by atoms with van der Waals surface area (Å²) in [5, 5.41) is 19.7. The van der Waals surface area contributed by atoms with Crippen molar-refractivity contribution >= 4 is 28.7 Å². The third kappa shape index (κ3) is 4.45. The van der Waals surface area contributed by atoms with Gasteiger partial charge in [-0.15, -0.1) is 5.10 Å². The first kappa shape index (κ1) is 24.6. The van der Waals surface area contributed by atoms with Gasteiger partial charge in [0.05, 0.1) is 6.04 Å². The Labute approximate surface area is 229 Å². The topological polar surface area (TPSA) is 135 Å². The molecule has 7 rings (SSSR count). The molecule has 2 atom stereocenters. The maximum Gasteiger partial charge on any atom is 0.255 e. The SMILES string of the molecule is Cc1cc2cccc(C(NCc3ccc4c(c3)C(=O)N(C3CCC(=O)NC3=O)C4)c3nnnn3CC3CC3)c2o1. The van der Waals surface area contributed by atoms with Gasteiger partial charge in [0, 0.05) is 42.6 Å². The number of imide groups is 1. The van der Waals surface area contributed by atoms with E-state index in [0.717, 1.165) is 45.8 Å². The Morgan fingerprint density at radius 1 is 1.12 bits per heavy atom. The lowest BCUT2D eigenvalue weighted by molar-refractivity contribution is -0.136. The second-order valence-corrected chi connectivity index (χ2v) is 11.0. The largest absolute Gasteiger partial charge is 0.461 e. The maximum absolute atomic E-state index is 13.3. The van der Waals surface area contributed by atoms with Crippen LogP contribution in [-0.2, 0) is 29.2 Å². The third-order valence-corrected chi connectivity index (χ3v) is 8.06. The van der Waals surface area contributed by atoms with Crippen molar-refractivity contribution in [1.82, 2.24) is 35.7 Å².